The lowest BCUT2D eigenvalue weighted by Gasteiger charge is -2.52. The van der Waals surface area contributed by atoms with Crippen molar-refractivity contribution in [3.05, 3.63) is 52.6 Å². The molecule has 1 atom stereocenters. The number of nitrogens with one attached hydrogen (secondary N) is 2. The third-order valence-electron chi connectivity index (χ3n) is 7.82. The number of halogens is 2. The van der Waals surface area contributed by atoms with E-state index >= 15 is 0 Å². The second-order valence-electron chi connectivity index (χ2n) is 11.0. The van der Waals surface area contributed by atoms with Gasteiger partial charge in [0.05, 0.1) is 28.6 Å². The number of nitrogens with zero attached hydrogens (tertiary/aromatic N) is 5. The van der Waals surface area contributed by atoms with Crippen LogP contribution in [0, 0.1) is 0 Å². The SMILES string of the molecule is CC(=O)N1CC(N2CCN3c4c(Cl)cc(Nc5ncc(Cl)c(Nc6ccccc6P(C)(C)=O)n5)cc4OC[C@@H]3C2)C1. The number of hydrogen-bond donors (Lipinski definition) is 2. The molecular formula is C28H32Cl2N7O3P. The Kier molecular flexibility index (Phi) is 7.53. The number of anilines is 5. The van der Waals surface area contributed by atoms with E-state index in [1.165, 1.54) is 6.20 Å². The standard InChI is InChI=1S/C28H32Cl2N7O3P/c1-17(38)36-13-19(14-36)35-8-9-37-20(15-35)16-40-24-11-18(10-21(29)26(24)37)32-28-31-12-22(30)27(34-28)33-23-6-4-5-7-25(23)41(2,3)39/h4-7,10-12,19-20H,8-9,13-16H2,1-3H3,(H2,31,32,33,34)/t20-/m0/s1. The summed E-state index contributed by atoms with van der Waals surface area (Å²) in [6.07, 6.45) is 1.51. The Morgan fingerprint density at radius 2 is 1.83 bits per heavy atom. The summed E-state index contributed by atoms with van der Waals surface area (Å²) in [5.41, 5.74) is 2.26. The molecule has 0 aliphatic carbocycles. The van der Waals surface area contributed by atoms with Gasteiger partial charge in [-0.2, -0.15) is 4.98 Å². The van der Waals surface area contributed by atoms with Gasteiger partial charge >= 0.3 is 0 Å². The summed E-state index contributed by atoms with van der Waals surface area (Å²) < 4.78 is 19.0. The van der Waals surface area contributed by atoms with Crippen LogP contribution in [0.4, 0.5) is 28.8 Å². The lowest BCUT2D eigenvalue weighted by molar-refractivity contribution is -0.136. The number of fused-ring (bicyclic) bond motifs is 3. The minimum atomic E-state index is -2.53. The largest absolute Gasteiger partial charge is 0.489 e. The normalized spacial score (nSPS) is 19.1. The molecule has 0 saturated carbocycles. The van der Waals surface area contributed by atoms with Crippen LogP contribution in [0.3, 0.4) is 0 Å². The Bertz CT molecular complexity index is 1550. The van der Waals surface area contributed by atoms with Gasteiger partial charge in [-0.3, -0.25) is 9.69 Å². The zero-order chi connectivity index (χ0) is 28.9. The van der Waals surface area contributed by atoms with Crippen molar-refractivity contribution in [1.82, 2.24) is 19.8 Å². The van der Waals surface area contributed by atoms with Gasteiger partial charge in [0.1, 0.15) is 24.5 Å². The van der Waals surface area contributed by atoms with E-state index in [0.29, 0.717) is 56.9 Å². The fraction of sp³-hybridized carbons (Fsp3) is 0.393. The topological polar surface area (TPSA) is 103 Å². The summed E-state index contributed by atoms with van der Waals surface area (Å²) in [6.45, 7) is 9.83. The second-order valence-corrected chi connectivity index (χ2v) is 15.0. The Hall–Kier alpha value is -3.04. The number of aromatic nitrogens is 2. The first-order valence-corrected chi connectivity index (χ1v) is 16.9. The van der Waals surface area contributed by atoms with Crippen molar-refractivity contribution in [3.8, 4) is 5.75 Å². The van der Waals surface area contributed by atoms with Gasteiger partial charge in [0.15, 0.2) is 5.82 Å². The molecule has 6 rings (SSSR count). The van der Waals surface area contributed by atoms with Crippen molar-refractivity contribution >= 4 is 70.4 Å². The van der Waals surface area contributed by atoms with Crippen molar-refractivity contribution in [1.29, 1.82) is 0 Å². The first-order valence-electron chi connectivity index (χ1n) is 13.5. The first kappa shape index (κ1) is 28.1. The summed E-state index contributed by atoms with van der Waals surface area (Å²) in [7, 11) is -2.53. The van der Waals surface area contributed by atoms with Gasteiger partial charge in [0.25, 0.3) is 0 Å². The van der Waals surface area contributed by atoms with Crippen LogP contribution in [0.1, 0.15) is 6.92 Å². The smallest absolute Gasteiger partial charge is 0.229 e. The minimum Gasteiger partial charge on any atom is -0.489 e. The molecule has 216 valence electrons. The maximum absolute atomic E-state index is 12.8. The average Bonchev–Trinajstić information content (AvgIpc) is 2.89. The maximum Gasteiger partial charge on any atom is 0.229 e. The summed E-state index contributed by atoms with van der Waals surface area (Å²) in [4.78, 5) is 27.2. The van der Waals surface area contributed by atoms with Crippen LogP contribution in [0.5, 0.6) is 5.75 Å². The molecule has 1 aromatic heterocycles. The second kappa shape index (κ2) is 11.0. The molecular weight excluding hydrogens is 584 g/mol. The number of hydrogen-bond acceptors (Lipinski definition) is 9. The van der Waals surface area contributed by atoms with Gasteiger partial charge in [-0.1, -0.05) is 35.3 Å². The number of piperazine rings is 1. The van der Waals surface area contributed by atoms with Gasteiger partial charge < -0.3 is 29.7 Å². The zero-order valence-electron chi connectivity index (χ0n) is 23.1. The van der Waals surface area contributed by atoms with Crippen LogP contribution in [0.2, 0.25) is 10.0 Å². The predicted octanol–water partition coefficient (Wildman–Crippen LogP) is 4.63. The van der Waals surface area contributed by atoms with Crippen molar-refractivity contribution in [2.45, 2.75) is 19.0 Å². The third kappa shape index (κ3) is 5.71. The van der Waals surface area contributed by atoms with Crippen molar-refractivity contribution in [2.24, 2.45) is 0 Å². The summed E-state index contributed by atoms with van der Waals surface area (Å²) in [6, 6.07) is 11.8. The number of rotatable bonds is 6. The highest BCUT2D eigenvalue weighted by molar-refractivity contribution is 7.70. The highest BCUT2D eigenvalue weighted by atomic mass is 35.5. The predicted molar refractivity (Wildman–Crippen MR) is 165 cm³/mol. The van der Waals surface area contributed by atoms with E-state index in [1.54, 1.807) is 20.3 Å². The molecule has 3 aliphatic rings. The number of ether oxygens (including phenoxy) is 1. The number of likely N-dealkylation sites (tertiary alicyclic amines) is 1. The summed E-state index contributed by atoms with van der Waals surface area (Å²) >= 11 is 13.2. The van der Waals surface area contributed by atoms with Gasteiger partial charge in [-0.05, 0) is 31.5 Å². The Morgan fingerprint density at radius 1 is 1.05 bits per heavy atom. The highest BCUT2D eigenvalue weighted by Gasteiger charge is 2.40. The number of para-hydroxylation sites is 1. The molecule has 1 amide bonds. The van der Waals surface area contributed by atoms with E-state index in [2.05, 4.69) is 30.4 Å². The fourth-order valence-electron chi connectivity index (χ4n) is 5.63. The molecule has 4 heterocycles. The van der Waals surface area contributed by atoms with E-state index in [1.807, 2.05) is 41.3 Å². The molecule has 0 unspecified atom stereocenters. The third-order valence-corrected chi connectivity index (χ3v) is 9.94. The Morgan fingerprint density at radius 3 is 2.59 bits per heavy atom. The highest BCUT2D eigenvalue weighted by Crippen LogP contribution is 2.44. The number of carbonyl (C=O) groups excluding carboxylic acids is 1. The van der Waals surface area contributed by atoms with E-state index in [9.17, 15) is 9.36 Å². The first-order chi connectivity index (χ1) is 19.6. The molecule has 3 aliphatic heterocycles. The van der Waals surface area contributed by atoms with E-state index in [0.717, 1.165) is 38.4 Å². The molecule has 13 heteroatoms. The molecule has 41 heavy (non-hydrogen) atoms. The summed E-state index contributed by atoms with van der Waals surface area (Å²) in [5.74, 6) is 1.56. The minimum absolute atomic E-state index is 0.136. The maximum atomic E-state index is 12.8. The average molecular weight is 616 g/mol. The number of carbonyl (C=O) groups is 1. The molecule has 0 bridgehead atoms. The number of benzene rings is 2. The van der Waals surface area contributed by atoms with E-state index in [4.69, 9.17) is 27.9 Å². The van der Waals surface area contributed by atoms with Gasteiger partial charge in [0, 0.05) is 62.7 Å². The molecule has 3 aromatic rings. The van der Waals surface area contributed by atoms with Crippen molar-refractivity contribution < 1.29 is 14.1 Å². The van der Waals surface area contributed by atoms with Crippen LogP contribution in [0.15, 0.2) is 42.6 Å². The van der Waals surface area contributed by atoms with Gasteiger partial charge in [-0.15, -0.1) is 0 Å². The van der Waals surface area contributed by atoms with Crippen LogP contribution < -0.4 is 25.6 Å². The summed E-state index contributed by atoms with van der Waals surface area (Å²) in [5, 5.41) is 8.06. The Labute approximate surface area is 249 Å². The van der Waals surface area contributed by atoms with Crippen LogP contribution in [0.25, 0.3) is 0 Å². The molecule has 2 N–H and O–H groups in total. The van der Waals surface area contributed by atoms with Crippen molar-refractivity contribution in [3.63, 3.8) is 0 Å². The fourth-order valence-corrected chi connectivity index (χ4v) is 7.25. The van der Waals surface area contributed by atoms with Crippen LogP contribution >= 0.6 is 30.3 Å². The lowest BCUT2D eigenvalue weighted by Crippen LogP contribution is -2.67. The Balaban J connectivity index is 1.17. The molecule has 0 spiro atoms. The molecule has 2 aromatic carbocycles. The van der Waals surface area contributed by atoms with Crippen LogP contribution in [-0.2, 0) is 9.36 Å². The quantitative estimate of drug-likeness (QED) is 0.384. The molecule has 2 fully saturated rings. The molecule has 10 nitrogen and oxygen atoms in total. The monoisotopic (exact) mass is 615 g/mol. The van der Waals surface area contributed by atoms with Crippen molar-refractivity contribution in [2.75, 3.05) is 68.2 Å². The lowest BCUT2D eigenvalue weighted by atomic mass is 10.0. The van der Waals surface area contributed by atoms with Gasteiger partial charge in [0.2, 0.25) is 11.9 Å². The molecule has 0 radical (unpaired) electrons. The zero-order valence-corrected chi connectivity index (χ0v) is 25.5. The van der Waals surface area contributed by atoms with Crippen LogP contribution in [-0.4, -0.2) is 90.4 Å². The van der Waals surface area contributed by atoms with E-state index < -0.39 is 7.14 Å². The van der Waals surface area contributed by atoms with E-state index in [-0.39, 0.29) is 11.9 Å². The van der Waals surface area contributed by atoms with Gasteiger partial charge in [-0.25, -0.2) is 4.98 Å². The number of amides is 1. The molecule has 2 saturated heterocycles.